The number of hydrogen-bond donors (Lipinski definition) is 0. The van der Waals surface area contributed by atoms with Crippen LogP contribution < -0.4 is 0 Å². The van der Waals surface area contributed by atoms with Crippen molar-refractivity contribution in [2.24, 2.45) is 0 Å². The topological polar surface area (TPSA) is 0 Å². The molecule has 0 aliphatic rings. The van der Waals surface area contributed by atoms with Gasteiger partial charge in [0.15, 0.2) is 0 Å². The van der Waals surface area contributed by atoms with Gasteiger partial charge in [0.25, 0.3) is 0 Å². The summed E-state index contributed by atoms with van der Waals surface area (Å²) in [5.41, 5.74) is 0. The monoisotopic (exact) mass is 242 g/mol. The van der Waals surface area contributed by atoms with Crippen molar-refractivity contribution in [2.45, 2.75) is 6.92 Å². The van der Waals surface area contributed by atoms with Crippen molar-refractivity contribution in [2.75, 3.05) is 0 Å². The molecule has 0 unspecified atom stereocenters. The summed E-state index contributed by atoms with van der Waals surface area (Å²) in [5, 5.41) is 0. The van der Waals surface area contributed by atoms with Crippen molar-refractivity contribution in [3.63, 3.8) is 0 Å². The summed E-state index contributed by atoms with van der Waals surface area (Å²) >= 11 is 1.47. The van der Waals surface area contributed by atoms with E-state index in [9.17, 15) is 0 Å². The largest absolute Gasteiger partial charge is 0.214 e. The van der Waals surface area contributed by atoms with E-state index in [-0.39, 0.29) is 0 Å². The van der Waals surface area contributed by atoms with Crippen molar-refractivity contribution in [3.05, 3.63) is 67.6 Å². The zero-order valence-electron chi connectivity index (χ0n) is 8.36. The molecule has 0 saturated heterocycles. The van der Waals surface area contributed by atoms with E-state index in [1.54, 1.807) is 6.92 Å². The maximum Gasteiger partial charge on any atom is -0.172 e. The van der Waals surface area contributed by atoms with Crippen LogP contribution in [0, 0.1) is 6.92 Å². The summed E-state index contributed by atoms with van der Waals surface area (Å²) in [4.78, 5) is 0. The van der Waals surface area contributed by atoms with Gasteiger partial charge in [-0.15, -0.1) is 0 Å². The Balaban J connectivity index is 0. The quantitative estimate of drug-likeness (QED) is 0.476. The first kappa shape index (κ1) is 16.1. The van der Waals surface area contributed by atoms with Crippen LogP contribution in [0.4, 0.5) is 0 Å². The molecule has 2 heteroatoms. The molecule has 0 N–H and O–H groups in total. The summed E-state index contributed by atoms with van der Waals surface area (Å²) in [6.45, 7) is 5.00. The molecule has 2 rings (SSSR count). The minimum atomic E-state index is 1.47. The molecule has 0 aliphatic carbocycles. The normalized spacial score (nSPS) is 6.64. The first-order valence-corrected chi connectivity index (χ1v) is 6.38. The van der Waals surface area contributed by atoms with Crippen LogP contribution in [0.2, 0.25) is 0 Å². The van der Waals surface area contributed by atoms with Crippen molar-refractivity contribution in [1.82, 2.24) is 0 Å². The van der Waals surface area contributed by atoms with E-state index in [0.29, 0.717) is 0 Å². The van der Waals surface area contributed by atoms with E-state index >= 15 is 0 Å². The number of hydrogen-bond acceptors (Lipinski definition) is 0. The number of halogens is 1. The molecule has 2 aromatic carbocycles. The Morgan fingerprint density at radius 2 is 1.00 bits per heavy atom. The predicted octanol–water partition coefficient (Wildman–Crippen LogP) is 4.34. The van der Waals surface area contributed by atoms with Crippen molar-refractivity contribution >= 4 is 9.30 Å². The van der Waals surface area contributed by atoms with E-state index in [2.05, 4.69) is 16.2 Å². The smallest absolute Gasteiger partial charge is 0.172 e. The van der Waals surface area contributed by atoms with Gasteiger partial charge in [-0.3, -0.25) is 0 Å². The van der Waals surface area contributed by atoms with Crippen LogP contribution in [0.1, 0.15) is 6.92 Å². The molecule has 14 heavy (non-hydrogen) atoms. The van der Waals surface area contributed by atoms with E-state index in [0.717, 1.165) is 0 Å². The van der Waals surface area contributed by atoms with Gasteiger partial charge in [-0.1, -0.05) is 0 Å². The Morgan fingerprint density at radius 3 is 1.07 bits per heavy atom. The molecule has 0 spiro atoms. The molecule has 0 aliphatic heterocycles. The molecule has 0 bridgehead atoms. The molecule has 0 saturated carbocycles. The van der Waals surface area contributed by atoms with Crippen LogP contribution in [-0.2, 0) is 19.4 Å². The zero-order valence-corrected chi connectivity index (χ0v) is 10.7. The van der Waals surface area contributed by atoms with Gasteiger partial charge in [0.1, 0.15) is 0 Å². The average molecular weight is 243 g/mol. The van der Waals surface area contributed by atoms with Gasteiger partial charge in [0.2, 0.25) is 0 Å². The van der Waals surface area contributed by atoms with E-state index in [1.807, 2.05) is 60.7 Å². The van der Waals surface area contributed by atoms with Gasteiger partial charge in [0.05, 0.1) is 0 Å². The standard InChI is InChI=1S/2C5H5.C2H5.ClH.Ti/c2*1-2-4-5-3-1;1-2;;/h2*1-5H;1H2,2H3;1H;/q3*-1;;+4/p-1. The Hall–Kier alpha value is -0.296. The SMILES string of the molecule is [CH2-]C.[Cl][Ti+3].c1cc[cH-]c1.c1cc[cH-]c1. The Kier molecular flexibility index (Phi) is 21.3. The molecular formula is C12H15ClTi. The van der Waals surface area contributed by atoms with Gasteiger partial charge in [-0.25, -0.2) is 24.3 Å². The second-order valence-electron chi connectivity index (χ2n) is 1.92. The van der Waals surface area contributed by atoms with Gasteiger partial charge in [-0.05, 0) is 0 Å². The van der Waals surface area contributed by atoms with Crippen molar-refractivity contribution in [3.8, 4) is 0 Å². The molecular weight excluding hydrogens is 227 g/mol. The summed E-state index contributed by atoms with van der Waals surface area (Å²) in [6.07, 6.45) is 0. The van der Waals surface area contributed by atoms with Crippen LogP contribution in [0.25, 0.3) is 0 Å². The van der Waals surface area contributed by atoms with Crippen LogP contribution in [0.3, 0.4) is 0 Å². The fourth-order valence-corrected chi connectivity index (χ4v) is 0.642. The molecule has 74 valence electrons. The molecule has 2 aromatic rings. The maximum absolute atomic E-state index is 4.64. The fourth-order valence-electron chi connectivity index (χ4n) is 0.642. The van der Waals surface area contributed by atoms with Crippen LogP contribution in [0.5, 0.6) is 0 Å². The first-order chi connectivity index (χ1) is 7.00. The van der Waals surface area contributed by atoms with Gasteiger partial charge in [0, 0.05) is 0 Å². The van der Waals surface area contributed by atoms with Crippen LogP contribution in [0.15, 0.2) is 60.7 Å². The summed E-state index contributed by atoms with van der Waals surface area (Å²) in [7, 11) is 4.64. The van der Waals surface area contributed by atoms with E-state index < -0.39 is 0 Å². The number of rotatable bonds is 0. The van der Waals surface area contributed by atoms with Crippen LogP contribution in [-0.4, -0.2) is 0 Å². The fraction of sp³-hybridized carbons (Fsp3) is 0.0833. The summed E-state index contributed by atoms with van der Waals surface area (Å²) in [6, 6.07) is 20.0. The molecule has 0 heterocycles. The Morgan fingerprint density at radius 1 is 0.786 bits per heavy atom. The molecule has 0 radical (unpaired) electrons. The van der Waals surface area contributed by atoms with E-state index in [1.165, 1.54) is 19.4 Å². The molecule has 0 fully saturated rings. The maximum atomic E-state index is 4.64. The summed E-state index contributed by atoms with van der Waals surface area (Å²) in [5.74, 6) is 0. The van der Waals surface area contributed by atoms with Crippen molar-refractivity contribution < 1.29 is 19.4 Å². The van der Waals surface area contributed by atoms with Gasteiger partial charge < -0.3 is 6.92 Å². The molecule has 0 amide bonds. The third-order valence-electron chi connectivity index (χ3n) is 1.11. The molecule has 0 aromatic heterocycles. The predicted molar refractivity (Wildman–Crippen MR) is 61.0 cm³/mol. The second-order valence-corrected chi connectivity index (χ2v) is 1.92. The Bertz CT molecular complexity index is 150. The van der Waals surface area contributed by atoms with Crippen LogP contribution >= 0.6 is 9.30 Å². The minimum Gasteiger partial charge on any atom is -0.214 e. The average Bonchev–Trinajstić information content (AvgIpc) is 3.01. The van der Waals surface area contributed by atoms with E-state index in [4.69, 9.17) is 0 Å². The third kappa shape index (κ3) is 14.2. The Labute approximate surface area is 103 Å². The first-order valence-electron chi connectivity index (χ1n) is 4.23. The summed E-state index contributed by atoms with van der Waals surface area (Å²) < 4.78 is 0. The minimum absolute atomic E-state index is 1.47. The molecule has 0 atom stereocenters. The van der Waals surface area contributed by atoms with Gasteiger partial charge in [-0.2, -0.15) is 43.3 Å². The van der Waals surface area contributed by atoms with Crippen molar-refractivity contribution in [1.29, 1.82) is 0 Å². The zero-order chi connectivity index (χ0) is 11.1. The third-order valence-corrected chi connectivity index (χ3v) is 1.11. The van der Waals surface area contributed by atoms with Gasteiger partial charge >= 0.3 is 28.7 Å². The second kappa shape index (κ2) is 18.5. The molecule has 0 nitrogen and oxygen atoms in total.